The summed E-state index contributed by atoms with van der Waals surface area (Å²) in [6.07, 6.45) is 12.7. The first-order valence-corrected chi connectivity index (χ1v) is 10.2. The Balaban J connectivity index is 1.65. The maximum atomic E-state index is 6.15. The van der Waals surface area contributed by atoms with Gasteiger partial charge in [0, 0.05) is 21.9 Å². The minimum absolute atomic E-state index is 0.902. The fraction of sp³-hybridized carbons (Fsp3) is 0.556. The average molecular weight is 337 g/mol. The molecule has 0 spiro atoms. The molecule has 2 rings (SSSR count). The van der Waals surface area contributed by atoms with Crippen LogP contribution < -0.4 is 9.86 Å². The Morgan fingerprint density at radius 2 is 1.95 bits per heavy atom. The summed E-state index contributed by atoms with van der Waals surface area (Å²) in [6, 6.07) is 6.26. The Hall–Kier alpha value is -0.580. The highest BCUT2D eigenvalue weighted by molar-refractivity contribution is 8.17. The molecule has 22 heavy (non-hydrogen) atoms. The molecule has 0 aromatic heterocycles. The van der Waals surface area contributed by atoms with Gasteiger partial charge in [0.25, 0.3) is 0 Å². The number of nitrogens with one attached hydrogen (secondary N) is 1. The van der Waals surface area contributed by atoms with E-state index in [0.29, 0.717) is 0 Å². The van der Waals surface area contributed by atoms with Crippen LogP contribution in [0.5, 0.6) is 0 Å². The Labute approximate surface area is 144 Å². The van der Waals surface area contributed by atoms with Crippen LogP contribution in [0, 0.1) is 0 Å². The highest BCUT2D eigenvalue weighted by Gasteiger charge is 2.15. The van der Waals surface area contributed by atoms with Gasteiger partial charge in [0.15, 0.2) is 0 Å². The first kappa shape index (κ1) is 17.8. The normalized spacial score (nSPS) is 13.8. The number of benzene rings is 1. The maximum Gasteiger partial charge on any atom is 0.0402 e. The largest absolute Gasteiger partial charge is 0.398 e. The van der Waals surface area contributed by atoms with Crippen molar-refractivity contribution in [1.82, 2.24) is 4.13 Å². The molecule has 0 amide bonds. The summed E-state index contributed by atoms with van der Waals surface area (Å²) >= 11 is 3.54. The second-order valence-corrected chi connectivity index (χ2v) is 7.80. The van der Waals surface area contributed by atoms with Gasteiger partial charge in [0.2, 0.25) is 0 Å². The molecule has 4 heteroatoms. The molecule has 122 valence electrons. The zero-order chi connectivity index (χ0) is 15.6. The van der Waals surface area contributed by atoms with Crippen LogP contribution in [0.15, 0.2) is 24.3 Å². The second-order valence-electron chi connectivity index (χ2n) is 5.79. The third-order valence-corrected chi connectivity index (χ3v) is 5.87. The molecule has 0 saturated heterocycles. The molecular formula is C18H28N2S2. The molecule has 1 aromatic carbocycles. The lowest BCUT2D eigenvalue weighted by molar-refractivity contribution is 0.627. The minimum atomic E-state index is 0.902. The maximum absolute atomic E-state index is 6.15. The van der Waals surface area contributed by atoms with Gasteiger partial charge in [0.05, 0.1) is 0 Å². The van der Waals surface area contributed by atoms with E-state index in [4.69, 9.17) is 5.73 Å². The van der Waals surface area contributed by atoms with Crippen LogP contribution in [-0.4, -0.2) is 5.75 Å². The van der Waals surface area contributed by atoms with E-state index in [2.05, 4.69) is 29.3 Å². The number of nitrogens with two attached hydrogens (primary N) is 1. The van der Waals surface area contributed by atoms with Crippen molar-refractivity contribution in [2.45, 2.75) is 58.3 Å². The Bertz CT molecular complexity index is 486. The molecule has 0 heterocycles. The lowest BCUT2D eigenvalue weighted by Gasteiger charge is -2.19. The van der Waals surface area contributed by atoms with Gasteiger partial charge in [-0.3, -0.25) is 0 Å². The van der Waals surface area contributed by atoms with Gasteiger partial charge in [-0.1, -0.05) is 69.2 Å². The van der Waals surface area contributed by atoms with Crippen LogP contribution in [0.4, 0.5) is 5.69 Å². The molecule has 1 aliphatic rings. The second kappa shape index (κ2) is 10.2. The molecular weight excluding hydrogens is 308 g/mol. The van der Waals surface area contributed by atoms with Crippen LogP contribution in [0.3, 0.4) is 0 Å². The average Bonchev–Trinajstić information content (AvgIpc) is 2.53. The number of unbranched alkanes of at least 4 members (excludes halogenated alkanes) is 5. The monoisotopic (exact) mass is 336 g/mol. The zero-order valence-electron chi connectivity index (χ0n) is 13.6. The van der Waals surface area contributed by atoms with Crippen LogP contribution >= 0.6 is 23.9 Å². The number of aryl methyl sites for hydroxylation is 1. The SMILES string of the molecule is CCCCCCCCSNSC1=CCCc2cccc(N)c21. The smallest absolute Gasteiger partial charge is 0.0402 e. The zero-order valence-corrected chi connectivity index (χ0v) is 15.2. The first-order chi connectivity index (χ1) is 10.8. The molecule has 0 fully saturated rings. The van der Waals surface area contributed by atoms with Crippen molar-refractivity contribution in [3.05, 3.63) is 35.4 Å². The van der Waals surface area contributed by atoms with Gasteiger partial charge in [-0.05, 0) is 42.8 Å². The Kier molecular flexibility index (Phi) is 8.27. The van der Waals surface area contributed by atoms with Crippen molar-refractivity contribution in [3.63, 3.8) is 0 Å². The lowest BCUT2D eigenvalue weighted by atomic mass is 9.96. The first-order valence-electron chi connectivity index (χ1n) is 8.44. The van der Waals surface area contributed by atoms with Crippen molar-refractivity contribution in [3.8, 4) is 0 Å². The third kappa shape index (κ3) is 5.56. The van der Waals surface area contributed by atoms with Crippen LogP contribution in [0.1, 0.15) is 63.0 Å². The molecule has 2 nitrogen and oxygen atoms in total. The number of hydrogen-bond donors (Lipinski definition) is 2. The van der Waals surface area contributed by atoms with E-state index in [0.717, 1.165) is 18.5 Å². The van der Waals surface area contributed by atoms with Crippen LogP contribution in [-0.2, 0) is 6.42 Å². The fourth-order valence-corrected chi connectivity index (χ4v) is 4.58. The number of allylic oxidation sites excluding steroid dienone is 1. The number of hydrogen-bond acceptors (Lipinski definition) is 4. The highest BCUT2D eigenvalue weighted by Crippen LogP contribution is 2.37. The van der Waals surface area contributed by atoms with Crippen LogP contribution in [0.25, 0.3) is 4.91 Å². The van der Waals surface area contributed by atoms with Gasteiger partial charge >= 0.3 is 0 Å². The van der Waals surface area contributed by atoms with Gasteiger partial charge in [0.1, 0.15) is 0 Å². The molecule has 0 saturated carbocycles. The molecule has 0 radical (unpaired) electrons. The van der Waals surface area contributed by atoms with Crippen molar-refractivity contribution < 1.29 is 0 Å². The predicted octanol–water partition coefficient (Wildman–Crippen LogP) is 5.80. The van der Waals surface area contributed by atoms with Crippen molar-refractivity contribution in [1.29, 1.82) is 0 Å². The van der Waals surface area contributed by atoms with Crippen molar-refractivity contribution >= 4 is 34.5 Å². The summed E-state index contributed by atoms with van der Waals surface area (Å²) in [4.78, 5) is 1.29. The standard InChI is InChI=1S/C18H28N2S2/c1-2-3-4-5-6-7-14-21-20-22-17-13-9-11-15-10-8-12-16(19)18(15)17/h8,10,12-13,20H,2-7,9,11,14,19H2,1H3. The molecule has 1 aliphatic carbocycles. The molecule has 0 atom stereocenters. The molecule has 3 N–H and O–H groups in total. The quantitative estimate of drug-likeness (QED) is 0.321. The van der Waals surface area contributed by atoms with E-state index >= 15 is 0 Å². The predicted molar refractivity (Wildman–Crippen MR) is 104 cm³/mol. The topological polar surface area (TPSA) is 38.0 Å². The van der Waals surface area contributed by atoms with E-state index in [1.807, 2.05) is 18.0 Å². The summed E-state index contributed by atoms with van der Waals surface area (Å²) in [5.74, 6) is 1.18. The van der Waals surface area contributed by atoms with Crippen LogP contribution in [0.2, 0.25) is 0 Å². The van der Waals surface area contributed by atoms with E-state index in [1.165, 1.54) is 60.3 Å². The minimum Gasteiger partial charge on any atom is -0.398 e. The molecule has 0 unspecified atom stereocenters. The van der Waals surface area contributed by atoms with E-state index < -0.39 is 0 Å². The van der Waals surface area contributed by atoms with Gasteiger partial charge in [-0.15, -0.1) is 0 Å². The highest BCUT2D eigenvalue weighted by atomic mass is 32.2. The van der Waals surface area contributed by atoms with Crippen molar-refractivity contribution in [2.75, 3.05) is 11.5 Å². The summed E-state index contributed by atoms with van der Waals surface area (Å²) in [5, 5.41) is 0. The Morgan fingerprint density at radius 3 is 2.82 bits per heavy atom. The fourth-order valence-electron chi connectivity index (χ4n) is 2.75. The number of nitrogen functional groups attached to an aromatic ring is 1. The van der Waals surface area contributed by atoms with Crippen molar-refractivity contribution in [2.24, 2.45) is 0 Å². The van der Waals surface area contributed by atoms with Gasteiger partial charge in [-0.2, -0.15) is 0 Å². The van der Waals surface area contributed by atoms with E-state index in [9.17, 15) is 0 Å². The summed E-state index contributed by atoms with van der Waals surface area (Å²) in [7, 11) is 0. The third-order valence-electron chi connectivity index (χ3n) is 3.98. The van der Waals surface area contributed by atoms with E-state index in [1.54, 1.807) is 11.9 Å². The molecule has 0 aliphatic heterocycles. The summed E-state index contributed by atoms with van der Waals surface area (Å²) in [6.45, 7) is 2.27. The molecule has 0 bridgehead atoms. The summed E-state index contributed by atoms with van der Waals surface area (Å²) < 4.78 is 3.43. The van der Waals surface area contributed by atoms with E-state index in [-0.39, 0.29) is 0 Å². The number of rotatable bonds is 10. The number of fused-ring (bicyclic) bond motifs is 1. The summed E-state index contributed by atoms with van der Waals surface area (Å²) in [5.41, 5.74) is 9.68. The van der Waals surface area contributed by atoms with Gasteiger partial charge < -0.3 is 5.73 Å². The van der Waals surface area contributed by atoms with Gasteiger partial charge in [-0.25, -0.2) is 4.13 Å². The Morgan fingerprint density at radius 1 is 1.14 bits per heavy atom. The number of anilines is 1. The lowest BCUT2D eigenvalue weighted by Crippen LogP contribution is -2.04. The molecule has 1 aromatic rings.